The Labute approximate surface area is 106 Å². The number of H-pyrrole nitrogens is 2. The quantitative estimate of drug-likeness (QED) is 0.645. The number of aromatic amines is 2. The van der Waals surface area contributed by atoms with Gasteiger partial charge in [-0.25, -0.2) is 4.98 Å². The monoisotopic (exact) mass is 258 g/mol. The number of benzene rings is 1. The van der Waals surface area contributed by atoms with Gasteiger partial charge >= 0.3 is 0 Å². The summed E-state index contributed by atoms with van der Waals surface area (Å²) >= 11 is 0. The highest BCUT2D eigenvalue weighted by Gasteiger charge is 2.08. The van der Waals surface area contributed by atoms with Crippen LogP contribution in [0.4, 0.5) is 5.69 Å². The van der Waals surface area contributed by atoms with Crippen LogP contribution in [0.15, 0.2) is 44.8 Å². The number of oxazole rings is 1. The molecule has 7 nitrogen and oxygen atoms in total. The van der Waals surface area contributed by atoms with E-state index in [2.05, 4.69) is 20.5 Å². The summed E-state index contributed by atoms with van der Waals surface area (Å²) in [5.74, 6) is 0.637. The molecule has 0 radical (unpaired) electrons. The average molecular weight is 258 g/mol. The minimum atomic E-state index is -0.352. The minimum Gasteiger partial charge on any atom is -0.447 e. The predicted octanol–water partition coefficient (Wildman–Crippen LogP) is 0.816. The zero-order chi connectivity index (χ0) is 13.2. The number of hydrogen-bond donors (Lipinski definition) is 3. The van der Waals surface area contributed by atoms with E-state index in [9.17, 15) is 9.59 Å². The third-order valence-electron chi connectivity index (χ3n) is 2.76. The fraction of sp³-hybridized carbons (Fsp3) is 0.0833. The highest BCUT2D eigenvalue weighted by atomic mass is 16.3. The van der Waals surface area contributed by atoms with E-state index in [1.54, 1.807) is 24.4 Å². The summed E-state index contributed by atoms with van der Waals surface area (Å²) in [7, 11) is 0. The normalized spacial score (nSPS) is 10.7. The highest BCUT2D eigenvalue weighted by Crippen LogP contribution is 2.17. The van der Waals surface area contributed by atoms with Crippen molar-refractivity contribution in [1.29, 1.82) is 0 Å². The van der Waals surface area contributed by atoms with Crippen LogP contribution in [0, 0.1) is 0 Å². The summed E-state index contributed by atoms with van der Waals surface area (Å²) in [5.41, 5.74) is -0.116. The van der Waals surface area contributed by atoms with E-state index in [0.29, 0.717) is 28.8 Å². The van der Waals surface area contributed by atoms with Crippen molar-refractivity contribution < 1.29 is 4.42 Å². The molecule has 0 aliphatic heterocycles. The first-order valence-corrected chi connectivity index (χ1v) is 5.60. The Morgan fingerprint density at radius 1 is 1.21 bits per heavy atom. The van der Waals surface area contributed by atoms with Crippen LogP contribution in [-0.4, -0.2) is 15.2 Å². The molecule has 7 heteroatoms. The zero-order valence-electron chi connectivity index (χ0n) is 9.77. The van der Waals surface area contributed by atoms with Crippen LogP contribution in [0.25, 0.3) is 10.8 Å². The summed E-state index contributed by atoms with van der Waals surface area (Å²) in [4.78, 5) is 27.2. The Kier molecular flexibility index (Phi) is 2.64. The highest BCUT2D eigenvalue weighted by molar-refractivity contribution is 5.92. The topological polar surface area (TPSA) is 104 Å². The van der Waals surface area contributed by atoms with Crippen LogP contribution in [0.2, 0.25) is 0 Å². The lowest BCUT2D eigenvalue weighted by molar-refractivity contribution is 0.512. The lowest BCUT2D eigenvalue weighted by Crippen LogP contribution is -2.20. The van der Waals surface area contributed by atoms with E-state index in [4.69, 9.17) is 4.42 Å². The second-order valence-electron chi connectivity index (χ2n) is 3.96. The second kappa shape index (κ2) is 4.45. The van der Waals surface area contributed by atoms with Gasteiger partial charge in [-0.15, -0.1) is 0 Å². The van der Waals surface area contributed by atoms with Crippen molar-refractivity contribution in [2.75, 3.05) is 5.32 Å². The van der Waals surface area contributed by atoms with Gasteiger partial charge in [-0.05, 0) is 12.1 Å². The number of aromatic nitrogens is 3. The molecule has 2 heterocycles. The standard InChI is InChI=1S/C12H10N4O3/c17-11-8-2-1-3-9(10(8)12(18)16-15-11)14-5-7-4-13-6-19-7/h1-4,6,14H,5H2,(H,15,17)(H,16,18). The van der Waals surface area contributed by atoms with E-state index in [1.807, 2.05) is 0 Å². The third-order valence-corrected chi connectivity index (χ3v) is 2.76. The lowest BCUT2D eigenvalue weighted by Gasteiger charge is -2.06. The maximum absolute atomic E-state index is 11.8. The molecule has 3 rings (SSSR count). The molecule has 3 aromatic rings. The first kappa shape index (κ1) is 11.3. The van der Waals surface area contributed by atoms with Gasteiger partial charge in [0.2, 0.25) is 0 Å². The summed E-state index contributed by atoms with van der Waals surface area (Å²) in [6, 6.07) is 5.04. The first-order chi connectivity index (χ1) is 9.25. The van der Waals surface area contributed by atoms with Crippen molar-refractivity contribution in [3.8, 4) is 0 Å². The average Bonchev–Trinajstić information content (AvgIpc) is 2.94. The number of hydrogen-bond acceptors (Lipinski definition) is 5. The van der Waals surface area contributed by atoms with Crippen LogP contribution < -0.4 is 16.4 Å². The fourth-order valence-electron chi connectivity index (χ4n) is 1.89. The number of fused-ring (bicyclic) bond motifs is 1. The van der Waals surface area contributed by atoms with Gasteiger partial charge in [-0.2, -0.15) is 0 Å². The van der Waals surface area contributed by atoms with Gasteiger partial charge in [0, 0.05) is 5.69 Å². The van der Waals surface area contributed by atoms with Gasteiger partial charge in [-0.3, -0.25) is 19.8 Å². The fourth-order valence-corrected chi connectivity index (χ4v) is 1.89. The maximum atomic E-state index is 11.8. The van der Waals surface area contributed by atoms with Crippen molar-refractivity contribution in [1.82, 2.24) is 15.2 Å². The molecule has 0 atom stereocenters. The number of rotatable bonds is 3. The molecule has 19 heavy (non-hydrogen) atoms. The molecule has 0 aliphatic rings. The van der Waals surface area contributed by atoms with Crippen molar-refractivity contribution in [2.24, 2.45) is 0 Å². The molecule has 0 saturated carbocycles. The van der Waals surface area contributed by atoms with Crippen molar-refractivity contribution in [2.45, 2.75) is 6.54 Å². The summed E-state index contributed by atoms with van der Waals surface area (Å²) in [5, 5.41) is 8.31. The summed E-state index contributed by atoms with van der Waals surface area (Å²) in [6.07, 6.45) is 2.91. The van der Waals surface area contributed by atoms with Gasteiger partial charge in [0.05, 0.1) is 23.5 Å². The Morgan fingerprint density at radius 3 is 2.84 bits per heavy atom. The van der Waals surface area contributed by atoms with E-state index < -0.39 is 0 Å². The molecule has 0 fully saturated rings. The Hall–Kier alpha value is -2.83. The summed E-state index contributed by atoms with van der Waals surface area (Å²) < 4.78 is 5.09. The van der Waals surface area contributed by atoms with E-state index in [0.717, 1.165) is 0 Å². The van der Waals surface area contributed by atoms with Crippen molar-refractivity contribution in [3.05, 3.63) is 57.3 Å². The van der Waals surface area contributed by atoms with Crippen LogP contribution in [0.5, 0.6) is 0 Å². The largest absolute Gasteiger partial charge is 0.447 e. The van der Waals surface area contributed by atoms with E-state index in [1.165, 1.54) is 6.39 Å². The second-order valence-corrected chi connectivity index (χ2v) is 3.96. The Morgan fingerprint density at radius 2 is 2.05 bits per heavy atom. The van der Waals surface area contributed by atoms with Gasteiger partial charge in [0.15, 0.2) is 6.39 Å². The van der Waals surface area contributed by atoms with E-state index >= 15 is 0 Å². The molecular weight excluding hydrogens is 248 g/mol. The molecule has 2 aromatic heterocycles. The molecule has 0 aliphatic carbocycles. The molecule has 96 valence electrons. The summed E-state index contributed by atoms with van der Waals surface area (Å²) in [6.45, 7) is 0.380. The molecule has 0 spiro atoms. The predicted molar refractivity (Wildman–Crippen MR) is 69.0 cm³/mol. The molecule has 1 aromatic carbocycles. The molecule has 0 bridgehead atoms. The van der Waals surface area contributed by atoms with Gasteiger partial charge in [0.25, 0.3) is 11.1 Å². The van der Waals surface area contributed by atoms with Crippen LogP contribution in [0.3, 0.4) is 0 Å². The van der Waals surface area contributed by atoms with Crippen LogP contribution >= 0.6 is 0 Å². The van der Waals surface area contributed by atoms with Crippen LogP contribution in [0.1, 0.15) is 5.76 Å². The first-order valence-electron chi connectivity index (χ1n) is 5.60. The molecule has 0 saturated heterocycles. The number of anilines is 1. The Bertz CT molecular complexity index is 817. The number of nitrogens with zero attached hydrogens (tertiary/aromatic N) is 1. The Balaban J connectivity index is 2.06. The lowest BCUT2D eigenvalue weighted by atomic mass is 10.1. The van der Waals surface area contributed by atoms with Crippen molar-refractivity contribution >= 4 is 16.5 Å². The van der Waals surface area contributed by atoms with Crippen molar-refractivity contribution in [3.63, 3.8) is 0 Å². The maximum Gasteiger partial charge on any atom is 0.272 e. The van der Waals surface area contributed by atoms with Gasteiger partial charge in [-0.1, -0.05) is 6.07 Å². The smallest absolute Gasteiger partial charge is 0.272 e. The molecule has 0 unspecified atom stereocenters. The SMILES string of the molecule is O=c1[nH][nH]c(=O)c2c(NCc3cnco3)cccc12. The zero-order valence-corrected chi connectivity index (χ0v) is 9.77. The molecular formula is C12H10N4O3. The molecule has 3 N–H and O–H groups in total. The number of nitrogens with one attached hydrogen (secondary N) is 3. The minimum absolute atomic E-state index is 0.325. The van der Waals surface area contributed by atoms with Gasteiger partial charge < -0.3 is 9.73 Å². The van der Waals surface area contributed by atoms with E-state index in [-0.39, 0.29) is 11.1 Å². The third kappa shape index (κ3) is 2.01. The molecule has 0 amide bonds. The van der Waals surface area contributed by atoms with Gasteiger partial charge in [0.1, 0.15) is 5.76 Å². The van der Waals surface area contributed by atoms with Crippen LogP contribution in [-0.2, 0) is 6.54 Å².